The van der Waals surface area contributed by atoms with Gasteiger partial charge in [-0.15, -0.1) is 0 Å². The summed E-state index contributed by atoms with van der Waals surface area (Å²) in [5, 5.41) is 7.40. The van der Waals surface area contributed by atoms with Crippen molar-refractivity contribution in [3.63, 3.8) is 0 Å². The van der Waals surface area contributed by atoms with E-state index in [0.29, 0.717) is 29.0 Å². The number of aryl methyl sites for hydroxylation is 3. The Balaban J connectivity index is 1.14. The molecule has 12 nitrogen and oxygen atoms in total. The molecule has 0 saturated carbocycles. The van der Waals surface area contributed by atoms with Crippen molar-refractivity contribution in [1.29, 1.82) is 0 Å². The number of rotatable bonds is 6. The number of hydrogen-bond donors (Lipinski definition) is 2. The SMILES string of the molecule is COc1nc(-c2cccc(-c3cccc(Nc4nc(C)nc5c4c(=O)n(C)c(=O)n5C)c3C)c2Cl)cc2c1[C@H](N1CC[C@@]3(CCC(=O)N3)C1)CC2. The average molecular weight is 707 g/mol. The lowest BCUT2D eigenvalue weighted by molar-refractivity contribution is -0.119. The van der Waals surface area contributed by atoms with Crippen LogP contribution >= 0.6 is 11.6 Å². The Bertz CT molecular complexity index is 2410. The summed E-state index contributed by atoms with van der Waals surface area (Å²) >= 11 is 7.25. The van der Waals surface area contributed by atoms with E-state index in [4.69, 9.17) is 21.3 Å². The summed E-state index contributed by atoms with van der Waals surface area (Å²) < 4.78 is 8.36. The largest absolute Gasteiger partial charge is 0.481 e. The van der Waals surface area contributed by atoms with Gasteiger partial charge in [-0.25, -0.2) is 19.7 Å². The van der Waals surface area contributed by atoms with E-state index in [1.807, 2.05) is 43.3 Å². The first-order valence-electron chi connectivity index (χ1n) is 17.2. The maximum atomic E-state index is 13.3. The van der Waals surface area contributed by atoms with Gasteiger partial charge < -0.3 is 15.4 Å². The molecule has 3 aliphatic rings. The van der Waals surface area contributed by atoms with Gasteiger partial charge in [-0.05, 0) is 68.4 Å². The monoisotopic (exact) mass is 706 g/mol. The lowest BCUT2D eigenvalue weighted by Gasteiger charge is -2.28. The number of fused-ring (bicyclic) bond motifs is 2. The Hall–Kier alpha value is -5.07. The van der Waals surface area contributed by atoms with Crippen LogP contribution in [0.4, 0.5) is 11.5 Å². The molecular weight excluding hydrogens is 668 g/mol. The molecule has 3 aromatic heterocycles. The number of halogens is 1. The Labute approximate surface area is 299 Å². The van der Waals surface area contributed by atoms with Crippen LogP contribution in [0.2, 0.25) is 5.02 Å². The zero-order valence-corrected chi connectivity index (χ0v) is 30.0. The number of anilines is 2. The lowest BCUT2D eigenvalue weighted by Crippen LogP contribution is -2.44. The van der Waals surface area contributed by atoms with Crippen LogP contribution in [0, 0.1) is 13.8 Å². The van der Waals surface area contributed by atoms with Gasteiger partial charge in [0, 0.05) is 62.0 Å². The number of hydrogen-bond acceptors (Lipinski definition) is 9. The first-order chi connectivity index (χ1) is 24.5. The molecule has 2 aliphatic heterocycles. The highest BCUT2D eigenvalue weighted by atomic mass is 35.5. The zero-order valence-electron chi connectivity index (χ0n) is 29.3. The highest BCUT2D eigenvalue weighted by Crippen LogP contribution is 2.47. The minimum absolute atomic E-state index is 0.113. The summed E-state index contributed by atoms with van der Waals surface area (Å²) in [6.45, 7) is 5.49. The van der Waals surface area contributed by atoms with Crippen LogP contribution in [0.15, 0.2) is 52.1 Å². The van der Waals surface area contributed by atoms with E-state index >= 15 is 0 Å². The first-order valence-corrected chi connectivity index (χ1v) is 17.6. The van der Waals surface area contributed by atoms with Crippen LogP contribution in [0.1, 0.15) is 54.2 Å². The molecule has 2 fully saturated rings. The number of benzene rings is 2. The second kappa shape index (κ2) is 12.3. The molecule has 262 valence electrons. The Morgan fingerprint density at radius 2 is 1.73 bits per heavy atom. The Morgan fingerprint density at radius 1 is 0.961 bits per heavy atom. The van der Waals surface area contributed by atoms with Crippen LogP contribution < -0.4 is 26.6 Å². The number of amides is 1. The van der Waals surface area contributed by atoms with Crippen LogP contribution in [0.25, 0.3) is 33.4 Å². The highest BCUT2D eigenvalue weighted by molar-refractivity contribution is 6.36. The van der Waals surface area contributed by atoms with E-state index < -0.39 is 11.2 Å². The molecule has 0 bridgehead atoms. The number of likely N-dealkylation sites (tertiary alicyclic amines) is 1. The van der Waals surface area contributed by atoms with Gasteiger partial charge >= 0.3 is 5.69 Å². The van der Waals surface area contributed by atoms with Crippen molar-refractivity contribution in [2.75, 3.05) is 25.5 Å². The maximum Gasteiger partial charge on any atom is 0.332 e. The molecule has 1 aliphatic carbocycles. The number of aromatic nitrogens is 5. The molecule has 1 spiro atoms. The van der Waals surface area contributed by atoms with Crippen LogP contribution in [-0.2, 0) is 25.3 Å². The minimum atomic E-state index is -0.476. The molecular formula is C38H39ClN8O4. The zero-order chi connectivity index (χ0) is 35.8. The third kappa shape index (κ3) is 5.39. The number of pyridine rings is 1. The highest BCUT2D eigenvalue weighted by Gasteiger charge is 2.46. The van der Waals surface area contributed by atoms with Crippen molar-refractivity contribution in [2.45, 2.75) is 57.5 Å². The molecule has 2 aromatic carbocycles. The van der Waals surface area contributed by atoms with Gasteiger partial charge in [0.15, 0.2) is 5.65 Å². The number of nitrogens with zero attached hydrogens (tertiary/aromatic N) is 6. The summed E-state index contributed by atoms with van der Waals surface area (Å²) in [5.41, 5.74) is 6.45. The van der Waals surface area contributed by atoms with Gasteiger partial charge in [-0.3, -0.25) is 23.6 Å². The number of carbonyl (C=O) groups is 1. The second-order valence-corrected chi connectivity index (χ2v) is 14.4. The molecule has 8 rings (SSSR count). The summed E-state index contributed by atoms with van der Waals surface area (Å²) in [4.78, 5) is 54.4. The number of carbonyl (C=O) groups excluding carboxylic acids is 1. The van der Waals surface area contributed by atoms with Gasteiger partial charge in [0.05, 0.1) is 23.4 Å². The molecule has 2 atom stereocenters. The van der Waals surface area contributed by atoms with Crippen LogP contribution in [-0.4, -0.2) is 60.6 Å². The van der Waals surface area contributed by atoms with Crippen molar-refractivity contribution in [3.8, 4) is 28.3 Å². The number of ether oxygens (including phenoxy) is 1. The average Bonchev–Trinajstić information content (AvgIpc) is 3.84. The summed E-state index contributed by atoms with van der Waals surface area (Å²) in [5.74, 6) is 1.51. The van der Waals surface area contributed by atoms with E-state index in [-0.39, 0.29) is 28.5 Å². The summed E-state index contributed by atoms with van der Waals surface area (Å²) in [7, 11) is 4.70. The first kappa shape index (κ1) is 33.1. The van der Waals surface area contributed by atoms with E-state index in [2.05, 4.69) is 31.6 Å². The molecule has 13 heteroatoms. The smallest absolute Gasteiger partial charge is 0.332 e. The van der Waals surface area contributed by atoms with Gasteiger partial charge in [0.1, 0.15) is 17.0 Å². The fraction of sp³-hybridized carbons (Fsp3) is 0.368. The van der Waals surface area contributed by atoms with Gasteiger partial charge in [0.25, 0.3) is 5.56 Å². The molecule has 51 heavy (non-hydrogen) atoms. The number of nitrogens with one attached hydrogen (secondary N) is 2. The van der Waals surface area contributed by atoms with Gasteiger partial charge in [-0.1, -0.05) is 41.9 Å². The predicted molar refractivity (Wildman–Crippen MR) is 197 cm³/mol. The van der Waals surface area contributed by atoms with E-state index in [0.717, 1.165) is 82.5 Å². The molecule has 0 unspecified atom stereocenters. The van der Waals surface area contributed by atoms with Crippen molar-refractivity contribution in [2.24, 2.45) is 14.1 Å². The maximum absolute atomic E-state index is 13.3. The summed E-state index contributed by atoms with van der Waals surface area (Å²) in [6, 6.07) is 14.1. The molecule has 2 saturated heterocycles. The van der Waals surface area contributed by atoms with Crippen molar-refractivity contribution in [1.82, 2.24) is 34.3 Å². The minimum Gasteiger partial charge on any atom is -0.481 e. The van der Waals surface area contributed by atoms with Crippen LogP contribution in [0.5, 0.6) is 5.88 Å². The summed E-state index contributed by atoms with van der Waals surface area (Å²) in [6.07, 6.45) is 4.33. The second-order valence-electron chi connectivity index (χ2n) is 14.0. The third-order valence-electron chi connectivity index (χ3n) is 10.9. The molecule has 1 amide bonds. The predicted octanol–water partition coefficient (Wildman–Crippen LogP) is 5.12. The van der Waals surface area contributed by atoms with Gasteiger partial charge in [-0.2, -0.15) is 0 Å². The molecule has 0 radical (unpaired) electrons. The molecule has 5 aromatic rings. The fourth-order valence-corrected chi connectivity index (χ4v) is 8.60. The quantitative estimate of drug-likeness (QED) is 0.247. The van der Waals surface area contributed by atoms with Crippen molar-refractivity contribution in [3.05, 3.63) is 90.8 Å². The Morgan fingerprint density at radius 3 is 2.49 bits per heavy atom. The topological polar surface area (TPSA) is 136 Å². The van der Waals surface area contributed by atoms with E-state index in [1.165, 1.54) is 17.2 Å². The lowest BCUT2D eigenvalue weighted by atomic mass is 9.96. The van der Waals surface area contributed by atoms with Gasteiger partial charge in [0.2, 0.25) is 11.8 Å². The third-order valence-corrected chi connectivity index (χ3v) is 11.4. The molecule has 2 N–H and O–H groups in total. The Kier molecular flexibility index (Phi) is 7.99. The normalized spacial score (nSPS) is 20.0. The van der Waals surface area contributed by atoms with Crippen LogP contribution in [0.3, 0.4) is 0 Å². The van der Waals surface area contributed by atoms with E-state index in [9.17, 15) is 14.4 Å². The van der Waals surface area contributed by atoms with Crippen molar-refractivity contribution < 1.29 is 9.53 Å². The number of methoxy groups -OCH3 is 1. The standard InChI is InChI=1S/C38H39ClN8O4/c1-20-23(8-7-11-26(20)42-33-31-34(41-21(2)40-33)45(3)37(50)46(4)36(31)49)24-9-6-10-25(32(24)39)27-18-22-12-13-28(30(22)35(43-27)51-5)47-17-16-38(19-47)15-14-29(48)44-38/h6-11,18,28H,12-17,19H2,1-5H3,(H,44,48)(H,40,41,42)/t28-,38+/m1/s1. The molecule has 5 heterocycles. The van der Waals surface area contributed by atoms with Crippen molar-refractivity contribution >= 4 is 40.0 Å². The van der Waals surface area contributed by atoms with E-state index in [1.54, 1.807) is 21.1 Å². The fourth-order valence-electron chi connectivity index (χ4n) is 8.28.